The van der Waals surface area contributed by atoms with Gasteiger partial charge in [0.25, 0.3) is 0 Å². The second-order valence-corrected chi connectivity index (χ2v) is 5.57. The van der Waals surface area contributed by atoms with Crippen molar-refractivity contribution in [3.63, 3.8) is 0 Å². The first kappa shape index (κ1) is 11.2. The monoisotopic (exact) mass is 236 g/mol. The van der Waals surface area contributed by atoms with E-state index in [1.54, 1.807) is 0 Å². The number of hydrogen-bond donors (Lipinski definition) is 0. The predicted molar refractivity (Wildman–Crippen MR) is 63.7 cm³/mol. The first-order valence-electron chi connectivity index (χ1n) is 6.40. The molecule has 0 atom stereocenters. The summed E-state index contributed by atoms with van der Waals surface area (Å²) >= 11 is 0. The smallest absolute Gasteiger partial charge is 0.138 e. The summed E-state index contributed by atoms with van der Waals surface area (Å²) in [7, 11) is 0. The van der Waals surface area contributed by atoms with Gasteiger partial charge in [-0.25, -0.2) is 0 Å². The van der Waals surface area contributed by atoms with Crippen LogP contribution in [0.4, 0.5) is 0 Å². The van der Waals surface area contributed by atoms with Crippen LogP contribution in [0.15, 0.2) is 4.52 Å². The Morgan fingerprint density at radius 1 is 1.35 bits per heavy atom. The van der Waals surface area contributed by atoms with Crippen molar-refractivity contribution in [2.45, 2.75) is 33.2 Å². The molecule has 0 aromatic carbocycles. The highest BCUT2D eigenvalue weighted by molar-refractivity contribution is 5.20. The molecule has 1 aliphatic heterocycles. The molecule has 2 fully saturated rings. The molecule has 1 aromatic rings. The van der Waals surface area contributed by atoms with E-state index in [1.165, 1.54) is 18.4 Å². The fraction of sp³-hybridized carbons (Fsp3) is 0.769. The van der Waals surface area contributed by atoms with Crippen molar-refractivity contribution in [2.24, 2.45) is 5.41 Å². The van der Waals surface area contributed by atoms with Crippen LogP contribution in [0.2, 0.25) is 0 Å². The van der Waals surface area contributed by atoms with Crippen molar-refractivity contribution in [3.05, 3.63) is 17.0 Å². The highest BCUT2D eigenvalue weighted by Crippen LogP contribution is 2.47. The largest absolute Gasteiger partial charge is 0.379 e. The number of hydrogen-bond acceptors (Lipinski definition) is 4. The predicted octanol–water partition coefficient (Wildman–Crippen LogP) is 1.90. The summed E-state index contributed by atoms with van der Waals surface area (Å²) in [5, 5.41) is 4.02. The van der Waals surface area contributed by atoms with Crippen LogP contribution in [0.3, 0.4) is 0 Å². The van der Waals surface area contributed by atoms with Gasteiger partial charge in [-0.3, -0.25) is 4.90 Å². The van der Waals surface area contributed by atoms with E-state index < -0.39 is 0 Å². The molecule has 1 aliphatic carbocycles. The Balaban J connectivity index is 1.71. The lowest BCUT2D eigenvalue weighted by molar-refractivity contribution is 0.115. The molecular weight excluding hydrogens is 216 g/mol. The molecule has 3 rings (SSSR count). The molecule has 0 radical (unpaired) electrons. The number of aromatic nitrogens is 1. The fourth-order valence-electron chi connectivity index (χ4n) is 2.65. The highest BCUT2D eigenvalue weighted by atomic mass is 16.5. The molecule has 4 heteroatoms. The van der Waals surface area contributed by atoms with Crippen molar-refractivity contribution in [1.29, 1.82) is 0 Å². The summed E-state index contributed by atoms with van der Waals surface area (Å²) in [6.07, 6.45) is 2.65. The summed E-state index contributed by atoms with van der Waals surface area (Å²) < 4.78 is 10.9. The van der Waals surface area contributed by atoms with Crippen LogP contribution in [0.25, 0.3) is 0 Å². The van der Waals surface area contributed by atoms with Crippen LogP contribution < -0.4 is 0 Å². The lowest BCUT2D eigenvalue weighted by Crippen LogP contribution is -2.30. The Hall–Kier alpha value is -0.870. The second kappa shape index (κ2) is 4.10. The van der Waals surface area contributed by atoms with Crippen molar-refractivity contribution < 1.29 is 9.26 Å². The number of rotatable bonds is 2. The van der Waals surface area contributed by atoms with E-state index in [1.807, 2.05) is 13.8 Å². The van der Waals surface area contributed by atoms with E-state index in [2.05, 4.69) is 10.1 Å². The summed E-state index contributed by atoms with van der Waals surface area (Å²) in [5.41, 5.74) is 2.75. The number of ether oxygens (including phenoxy) is 1. The fourth-order valence-corrected chi connectivity index (χ4v) is 2.65. The molecule has 0 N–H and O–H groups in total. The molecule has 1 spiro atoms. The van der Waals surface area contributed by atoms with Gasteiger partial charge in [0.05, 0.1) is 18.9 Å². The topological polar surface area (TPSA) is 38.5 Å². The van der Waals surface area contributed by atoms with Crippen LogP contribution in [-0.2, 0) is 11.3 Å². The van der Waals surface area contributed by atoms with Gasteiger partial charge in [0, 0.05) is 30.6 Å². The maximum Gasteiger partial charge on any atom is 0.138 e. The van der Waals surface area contributed by atoms with Crippen LogP contribution in [0.1, 0.15) is 29.9 Å². The summed E-state index contributed by atoms with van der Waals surface area (Å²) in [4.78, 5) is 2.49. The van der Waals surface area contributed by atoms with Gasteiger partial charge in [-0.1, -0.05) is 5.16 Å². The van der Waals surface area contributed by atoms with Crippen LogP contribution >= 0.6 is 0 Å². The normalized spacial score (nSPS) is 23.9. The molecule has 0 unspecified atom stereocenters. The minimum Gasteiger partial charge on any atom is -0.379 e. The standard InChI is InChI=1S/C13H20N2O2/c1-10-12(11(2)17-14-10)7-15-5-6-16-9-13(8-15)3-4-13/h3-9H2,1-2H3. The number of nitrogens with zero attached hydrogens (tertiary/aromatic N) is 2. The van der Waals surface area contributed by atoms with Crippen molar-refractivity contribution >= 4 is 0 Å². The van der Waals surface area contributed by atoms with Gasteiger partial charge in [-0.15, -0.1) is 0 Å². The Labute approximate surface area is 102 Å². The molecule has 2 aliphatic rings. The van der Waals surface area contributed by atoms with Gasteiger partial charge in [0.1, 0.15) is 5.76 Å². The molecule has 4 nitrogen and oxygen atoms in total. The third-order valence-electron chi connectivity index (χ3n) is 4.04. The van der Waals surface area contributed by atoms with Crippen molar-refractivity contribution in [3.8, 4) is 0 Å². The minimum absolute atomic E-state index is 0.468. The average Bonchev–Trinajstić information content (AvgIpc) is 3.05. The molecule has 1 aromatic heterocycles. The van der Waals surface area contributed by atoms with E-state index >= 15 is 0 Å². The average molecular weight is 236 g/mol. The summed E-state index contributed by atoms with van der Waals surface area (Å²) in [5.74, 6) is 0.956. The highest BCUT2D eigenvalue weighted by Gasteiger charge is 2.45. The Morgan fingerprint density at radius 3 is 2.82 bits per heavy atom. The van der Waals surface area contributed by atoms with Gasteiger partial charge >= 0.3 is 0 Å². The quantitative estimate of drug-likeness (QED) is 0.786. The zero-order chi connectivity index (χ0) is 11.9. The molecule has 94 valence electrons. The summed E-state index contributed by atoms with van der Waals surface area (Å²) in [6.45, 7) is 8.95. The van der Waals surface area contributed by atoms with Gasteiger partial charge in [-0.2, -0.15) is 0 Å². The Bertz CT molecular complexity index is 390. The lowest BCUT2D eigenvalue weighted by Gasteiger charge is -2.22. The zero-order valence-corrected chi connectivity index (χ0v) is 10.7. The van der Waals surface area contributed by atoms with Crippen molar-refractivity contribution in [2.75, 3.05) is 26.3 Å². The van der Waals surface area contributed by atoms with Crippen LogP contribution in [-0.4, -0.2) is 36.4 Å². The van der Waals surface area contributed by atoms with Gasteiger partial charge in [-0.05, 0) is 26.7 Å². The minimum atomic E-state index is 0.468. The number of aryl methyl sites for hydroxylation is 2. The maximum absolute atomic E-state index is 5.70. The van der Waals surface area contributed by atoms with E-state index in [0.717, 1.165) is 44.3 Å². The molecule has 1 saturated carbocycles. The third-order valence-corrected chi connectivity index (χ3v) is 4.04. The maximum atomic E-state index is 5.70. The van der Waals surface area contributed by atoms with E-state index in [0.29, 0.717) is 5.41 Å². The van der Waals surface area contributed by atoms with E-state index in [4.69, 9.17) is 9.26 Å². The molecule has 0 bridgehead atoms. The van der Waals surface area contributed by atoms with E-state index in [-0.39, 0.29) is 0 Å². The first-order chi connectivity index (χ1) is 8.19. The Morgan fingerprint density at radius 2 is 2.18 bits per heavy atom. The zero-order valence-electron chi connectivity index (χ0n) is 10.7. The molecular formula is C13H20N2O2. The van der Waals surface area contributed by atoms with Gasteiger partial charge in [0.2, 0.25) is 0 Å². The molecule has 17 heavy (non-hydrogen) atoms. The van der Waals surface area contributed by atoms with Crippen LogP contribution in [0, 0.1) is 19.3 Å². The van der Waals surface area contributed by atoms with Gasteiger partial charge in [0.15, 0.2) is 0 Å². The SMILES string of the molecule is Cc1noc(C)c1CN1CCOCC2(CC2)C1. The third kappa shape index (κ3) is 2.24. The Kier molecular flexibility index (Phi) is 2.71. The molecule has 1 saturated heterocycles. The first-order valence-corrected chi connectivity index (χ1v) is 6.40. The second-order valence-electron chi connectivity index (χ2n) is 5.57. The van der Waals surface area contributed by atoms with Crippen molar-refractivity contribution in [1.82, 2.24) is 10.1 Å². The molecule has 2 heterocycles. The lowest BCUT2D eigenvalue weighted by atomic mass is 10.1. The molecule has 0 amide bonds. The van der Waals surface area contributed by atoms with E-state index in [9.17, 15) is 0 Å². The van der Waals surface area contributed by atoms with Crippen LogP contribution in [0.5, 0.6) is 0 Å². The summed E-state index contributed by atoms with van der Waals surface area (Å²) in [6, 6.07) is 0. The van der Waals surface area contributed by atoms with Gasteiger partial charge < -0.3 is 9.26 Å².